The van der Waals surface area contributed by atoms with Gasteiger partial charge in [-0.1, -0.05) is 17.7 Å². The Bertz CT molecular complexity index is 490. The van der Waals surface area contributed by atoms with Crippen LogP contribution < -0.4 is 4.74 Å². The van der Waals surface area contributed by atoms with E-state index in [1.807, 2.05) is 6.07 Å². The van der Waals surface area contributed by atoms with Gasteiger partial charge in [-0.2, -0.15) is 0 Å². The fourth-order valence-corrected chi connectivity index (χ4v) is 2.32. The summed E-state index contributed by atoms with van der Waals surface area (Å²) in [4.78, 5) is 13.8. The van der Waals surface area contributed by atoms with Crippen LogP contribution in [0, 0.1) is 0 Å². The maximum Gasteiger partial charge on any atom is 0.264 e. The van der Waals surface area contributed by atoms with Gasteiger partial charge in [0.25, 0.3) is 5.91 Å². The number of fused-ring (bicyclic) bond motifs is 1. The zero-order valence-electron chi connectivity index (χ0n) is 10.5. The Morgan fingerprint density at radius 3 is 3.11 bits per heavy atom. The van der Waals surface area contributed by atoms with Crippen LogP contribution in [-0.4, -0.2) is 41.7 Å². The standard InChI is InChI=1S/C14H16ClNO3/c1-2-5-16(6-7-17)14(18)13-9-10-8-11(15)3-4-12(10)19-13/h2-4,8,13,17H,1,5-7,9H2. The van der Waals surface area contributed by atoms with Crippen molar-refractivity contribution in [1.29, 1.82) is 0 Å². The van der Waals surface area contributed by atoms with Crippen LogP contribution in [-0.2, 0) is 11.2 Å². The van der Waals surface area contributed by atoms with E-state index in [0.29, 0.717) is 23.7 Å². The molecule has 0 saturated heterocycles. The van der Waals surface area contributed by atoms with E-state index in [2.05, 4.69) is 6.58 Å². The number of aliphatic hydroxyl groups excluding tert-OH is 1. The highest BCUT2D eigenvalue weighted by Crippen LogP contribution is 2.31. The second kappa shape index (κ2) is 6.08. The normalized spacial score (nSPS) is 16.6. The number of rotatable bonds is 5. The van der Waals surface area contributed by atoms with Gasteiger partial charge in [-0.15, -0.1) is 6.58 Å². The van der Waals surface area contributed by atoms with Crippen LogP contribution in [0.2, 0.25) is 5.02 Å². The van der Waals surface area contributed by atoms with Crippen molar-refractivity contribution < 1.29 is 14.6 Å². The molecule has 19 heavy (non-hydrogen) atoms. The summed E-state index contributed by atoms with van der Waals surface area (Å²) in [6.45, 7) is 4.21. The molecule has 0 bridgehead atoms. The molecule has 1 aliphatic heterocycles. The lowest BCUT2D eigenvalue weighted by Gasteiger charge is -2.23. The van der Waals surface area contributed by atoms with E-state index in [9.17, 15) is 4.79 Å². The van der Waals surface area contributed by atoms with Crippen molar-refractivity contribution >= 4 is 17.5 Å². The highest BCUT2D eigenvalue weighted by atomic mass is 35.5. The average Bonchev–Trinajstić information content (AvgIpc) is 2.80. The van der Waals surface area contributed by atoms with E-state index in [1.165, 1.54) is 4.90 Å². The third kappa shape index (κ3) is 3.08. The Balaban J connectivity index is 2.08. The molecule has 0 aliphatic carbocycles. The minimum atomic E-state index is -0.542. The van der Waals surface area contributed by atoms with Gasteiger partial charge in [-0.3, -0.25) is 4.79 Å². The van der Waals surface area contributed by atoms with Gasteiger partial charge in [-0.05, 0) is 23.8 Å². The number of carbonyl (C=O) groups excluding carboxylic acids is 1. The van der Waals surface area contributed by atoms with E-state index < -0.39 is 6.10 Å². The fraction of sp³-hybridized carbons (Fsp3) is 0.357. The van der Waals surface area contributed by atoms with E-state index in [1.54, 1.807) is 18.2 Å². The molecule has 1 aromatic rings. The molecule has 0 spiro atoms. The molecular weight excluding hydrogens is 266 g/mol. The van der Waals surface area contributed by atoms with Gasteiger partial charge in [0.1, 0.15) is 5.75 Å². The van der Waals surface area contributed by atoms with Crippen molar-refractivity contribution in [2.24, 2.45) is 0 Å². The Labute approximate surface area is 117 Å². The topological polar surface area (TPSA) is 49.8 Å². The molecule has 4 nitrogen and oxygen atoms in total. The van der Waals surface area contributed by atoms with Crippen molar-refractivity contribution in [2.75, 3.05) is 19.7 Å². The third-order valence-electron chi connectivity index (χ3n) is 3.00. The lowest BCUT2D eigenvalue weighted by Crippen LogP contribution is -2.42. The minimum Gasteiger partial charge on any atom is -0.480 e. The van der Waals surface area contributed by atoms with Gasteiger partial charge in [0.15, 0.2) is 6.10 Å². The second-order valence-electron chi connectivity index (χ2n) is 4.36. The Hall–Kier alpha value is -1.52. The fourth-order valence-electron chi connectivity index (χ4n) is 2.13. The quantitative estimate of drug-likeness (QED) is 0.835. The molecule has 1 N–H and O–H groups in total. The van der Waals surface area contributed by atoms with Gasteiger partial charge in [0.05, 0.1) is 6.61 Å². The van der Waals surface area contributed by atoms with Crippen molar-refractivity contribution in [3.63, 3.8) is 0 Å². The van der Waals surface area contributed by atoms with Crippen LogP contribution >= 0.6 is 11.6 Å². The van der Waals surface area contributed by atoms with Gasteiger partial charge in [0, 0.05) is 24.5 Å². The summed E-state index contributed by atoms with van der Waals surface area (Å²) in [5.41, 5.74) is 0.938. The summed E-state index contributed by atoms with van der Waals surface area (Å²) < 4.78 is 5.63. The van der Waals surface area contributed by atoms with Crippen LogP contribution in [0.15, 0.2) is 30.9 Å². The number of carbonyl (C=O) groups is 1. The van der Waals surface area contributed by atoms with Gasteiger partial charge >= 0.3 is 0 Å². The molecule has 1 amide bonds. The molecule has 1 heterocycles. The summed E-state index contributed by atoms with van der Waals surface area (Å²) in [5, 5.41) is 9.61. The Morgan fingerprint density at radius 2 is 2.42 bits per heavy atom. The SMILES string of the molecule is C=CCN(CCO)C(=O)C1Cc2cc(Cl)ccc2O1. The van der Waals surface area contributed by atoms with Crippen molar-refractivity contribution in [3.05, 3.63) is 41.4 Å². The molecule has 102 valence electrons. The van der Waals surface area contributed by atoms with Crippen LogP contribution in [0.4, 0.5) is 0 Å². The number of benzene rings is 1. The first-order chi connectivity index (χ1) is 9.15. The molecular formula is C14H16ClNO3. The predicted molar refractivity (Wildman–Crippen MR) is 73.4 cm³/mol. The second-order valence-corrected chi connectivity index (χ2v) is 4.80. The summed E-state index contributed by atoms with van der Waals surface area (Å²) >= 11 is 5.92. The smallest absolute Gasteiger partial charge is 0.264 e. The summed E-state index contributed by atoms with van der Waals surface area (Å²) in [6.07, 6.45) is 1.60. The van der Waals surface area contributed by atoms with Crippen molar-refractivity contribution in [1.82, 2.24) is 4.90 Å². The van der Waals surface area contributed by atoms with E-state index in [-0.39, 0.29) is 19.1 Å². The molecule has 5 heteroatoms. The third-order valence-corrected chi connectivity index (χ3v) is 3.24. The van der Waals surface area contributed by atoms with E-state index in [4.69, 9.17) is 21.4 Å². The number of hydrogen-bond donors (Lipinski definition) is 1. The molecule has 1 unspecified atom stereocenters. The van der Waals surface area contributed by atoms with Gasteiger partial charge in [-0.25, -0.2) is 0 Å². The monoisotopic (exact) mass is 281 g/mol. The zero-order valence-corrected chi connectivity index (χ0v) is 11.3. The van der Waals surface area contributed by atoms with Crippen molar-refractivity contribution in [3.8, 4) is 5.75 Å². The largest absolute Gasteiger partial charge is 0.480 e. The van der Waals surface area contributed by atoms with Crippen molar-refractivity contribution in [2.45, 2.75) is 12.5 Å². The van der Waals surface area contributed by atoms with E-state index >= 15 is 0 Å². The molecule has 2 rings (SSSR count). The number of nitrogens with zero attached hydrogens (tertiary/aromatic N) is 1. The predicted octanol–water partition coefficient (Wildman–Crippen LogP) is 1.65. The van der Waals surface area contributed by atoms with Crippen LogP contribution in [0.5, 0.6) is 5.75 Å². The summed E-state index contributed by atoms with van der Waals surface area (Å²) in [7, 11) is 0. The number of aliphatic hydroxyl groups is 1. The maximum atomic E-state index is 12.3. The lowest BCUT2D eigenvalue weighted by molar-refractivity contribution is -0.137. The minimum absolute atomic E-state index is 0.0783. The van der Waals surface area contributed by atoms with Crippen LogP contribution in [0.3, 0.4) is 0 Å². The Morgan fingerprint density at radius 1 is 1.63 bits per heavy atom. The van der Waals surface area contributed by atoms with E-state index in [0.717, 1.165) is 5.56 Å². The first-order valence-corrected chi connectivity index (χ1v) is 6.49. The zero-order chi connectivity index (χ0) is 13.8. The number of hydrogen-bond acceptors (Lipinski definition) is 3. The Kier molecular flexibility index (Phi) is 4.45. The van der Waals surface area contributed by atoms with Gasteiger partial charge < -0.3 is 14.7 Å². The molecule has 1 atom stereocenters. The molecule has 1 aromatic carbocycles. The molecule has 0 radical (unpaired) electrons. The lowest BCUT2D eigenvalue weighted by atomic mass is 10.1. The van der Waals surface area contributed by atoms with Crippen LogP contribution in [0.25, 0.3) is 0 Å². The molecule has 0 aromatic heterocycles. The summed E-state index contributed by atoms with van der Waals surface area (Å²) in [5.74, 6) is 0.562. The van der Waals surface area contributed by atoms with Crippen LogP contribution in [0.1, 0.15) is 5.56 Å². The number of amides is 1. The highest BCUT2D eigenvalue weighted by Gasteiger charge is 2.31. The average molecular weight is 282 g/mol. The first kappa shape index (κ1) is 13.9. The molecule has 1 aliphatic rings. The first-order valence-electron chi connectivity index (χ1n) is 6.11. The highest BCUT2D eigenvalue weighted by molar-refractivity contribution is 6.30. The number of ether oxygens (including phenoxy) is 1. The molecule has 0 fully saturated rings. The maximum absolute atomic E-state index is 12.3. The summed E-state index contributed by atoms with van der Waals surface area (Å²) in [6, 6.07) is 5.32. The number of halogens is 1. The molecule has 0 saturated carbocycles. The van der Waals surface area contributed by atoms with Gasteiger partial charge in [0.2, 0.25) is 0 Å².